The number of carboxylic acids is 1. The largest absolute Gasteiger partial charge is 0.478 e. The third-order valence-electron chi connectivity index (χ3n) is 3.64. The lowest BCUT2D eigenvalue weighted by Crippen LogP contribution is -2.52. The molecular weight excluding hydrogens is 250 g/mol. The Morgan fingerprint density at radius 2 is 2.00 bits per heavy atom. The first-order valence-corrected chi connectivity index (χ1v) is 6.44. The first kappa shape index (κ1) is 13.2. The Morgan fingerprint density at radius 1 is 1.39 bits per heavy atom. The second kappa shape index (κ2) is 4.47. The SMILES string of the molecule is CC(C)(C)C1CN(c2ccc(C(=O)O)cc2Cl)C1. The van der Waals surface area contributed by atoms with Gasteiger partial charge in [0.05, 0.1) is 16.3 Å². The van der Waals surface area contributed by atoms with Gasteiger partial charge in [0.15, 0.2) is 0 Å². The van der Waals surface area contributed by atoms with E-state index in [-0.39, 0.29) is 5.56 Å². The monoisotopic (exact) mass is 267 g/mol. The second-order valence-corrected chi connectivity index (χ2v) is 6.35. The highest BCUT2D eigenvalue weighted by Crippen LogP contribution is 2.38. The molecule has 1 aromatic rings. The predicted molar refractivity (Wildman–Crippen MR) is 73.6 cm³/mol. The van der Waals surface area contributed by atoms with E-state index in [1.807, 2.05) is 0 Å². The number of anilines is 1. The van der Waals surface area contributed by atoms with Crippen molar-refractivity contribution < 1.29 is 9.90 Å². The lowest BCUT2D eigenvalue weighted by molar-refractivity contribution is 0.0697. The van der Waals surface area contributed by atoms with E-state index in [0.717, 1.165) is 18.8 Å². The van der Waals surface area contributed by atoms with Gasteiger partial charge < -0.3 is 10.0 Å². The molecule has 0 unspecified atom stereocenters. The van der Waals surface area contributed by atoms with Crippen LogP contribution in [0.25, 0.3) is 0 Å². The fourth-order valence-corrected chi connectivity index (χ4v) is 2.42. The smallest absolute Gasteiger partial charge is 0.335 e. The number of benzene rings is 1. The van der Waals surface area contributed by atoms with Crippen LogP contribution in [0.4, 0.5) is 5.69 Å². The van der Waals surface area contributed by atoms with Gasteiger partial charge in [-0.05, 0) is 29.5 Å². The molecule has 1 aromatic carbocycles. The van der Waals surface area contributed by atoms with Crippen molar-refractivity contribution in [3.63, 3.8) is 0 Å². The van der Waals surface area contributed by atoms with Crippen molar-refractivity contribution in [3.05, 3.63) is 28.8 Å². The maximum absolute atomic E-state index is 10.8. The molecule has 1 saturated heterocycles. The van der Waals surface area contributed by atoms with E-state index in [4.69, 9.17) is 16.7 Å². The zero-order valence-electron chi connectivity index (χ0n) is 10.9. The molecule has 0 saturated carbocycles. The van der Waals surface area contributed by atoms with Crippen molar-refractivity contribution in [1.29, 1.82) is 0 Å². The lowest BCUT2D eigenvalue weighted by Gasteiger charge is -2.47. The molecular formula is C14H18ClNO2. The van der Waals surface area contributed by atoms with E-state index >= 15 is 0 Å². The molecule has 0 spiro atoms. The molecule has 1 fully saturated rings. The van der Waals surface area contributed by atoms with E-state index in [1.165, 1.54) is 6.07 Å². The molecule has 1 aliphatic rings. The first-order valence-electron chi connectivity index (χ1n) is 6.07. The molecule has 4 heteroatoms. The van der Waals surface area contributed by atoms with Crippen LogP contribution in [0.5, 0.6) is 0 Å². The van der Waals surface area contributed by atoms with Crippen LogP contribution in [0, 0.1) is 11.3 Å². The van der Waals surface area contributed by atoms with Gasteiger partial charge in [-0.15, -0.1) is 0 Å². The Labute approximate surface area is 112 Å². The van der Waals surface area contributed by atoms with E-state index < -0.39 is 5.97 Å². The summed E-state index contributed by atoms with van der Waals surface area (Å²) in [5.74, 6) is -0.285. The van der Waals surface area contributed by atoms with Crippen molar-refractivity contribution in [2.24, 2.45) is 11.3 Å². The number of rotatable bonds is 2. The summed E-state index contributed by atoms with van der Waals surface area (Å²) < 4.78 is 0. The number of carbonyl (C=O) groups is 1. The number of carboxylic acid groups (broad SMARTS) is 1. The summed E-state index contributed by atoms with van der Waals surface area (Å²) >= 11 is 6.14. The summed E-state index contributed by atoms with van der Waals surface area (Å²) in [6.07, 6.45) is 0. The quantitative estimate of drug-likeness (QED) is 0.891. The van der Waals surface area contributed by atoms with Gasteiger partial charge in [0.2, 0.25) is 0 Å². The zero-order valence-corrected chi connectivity index (χ0v) is 11.7. The standard InChI is InChI=1S/C14H18ClNO2/c1-14(2,3)10-7-16(8-10)12-5-4-9(13(17)18)6-11(12)15/h4-6,10H,7-8H2,1-3H3,(H,17,18). The molecule has 1 N–H and O–H groups in total. The average Bonchev–Trinajstić information content (AvgIpc) is 2.15. The highest BCUT2D eigenvalue weighted by Gasteiger charge is 2.36. The Balaban J connectivity index is 2.11. The van der Waals surface area contributed by atoms with Gasteiger partial charge >= 0.3 is 5.97 Å². The summed E-state index contributed by atoms with van der Waals surface area (Å²) in [4.78, 5) is 13.0. The van der Waals surface area contributed by atoms with Crippen LogP contribution in [0.15, 0.2) is 18.2 Å². The maximum atomic E-state index is 10.8. The third kappa shape index (κ3) is 2.46. The maximum Gasteiger partial charge on any atom is 0.335 e. The number of nitrogens with zero attached hydrogens (tertiary/aromatic N) is 1. The van der Waals surface area contributed by atoms with Gasteiger partial charge in [0, 0.05) is 13.1 Å². The predicted octanol–water partition coefficient (Wildman–Crippen LogP) is 3.52. The van der Waals surface area contributed by atoms with E-state index in [0.29, 0.717) is 16.4 Å². The molecule has 1 aliphatic heterocycles. The average molecular weight is 268 g/mol. The van der Waals surface area contributed by atoms with Gasteiger partial charge in [0.1, 0.15) is 0 Å². The number of hydrogen-bond acceptors (Lipinski definition) is 2. The molecule has 0 bridgehead atoms. The van der Waals surface area contributed by atoms with E-state index in [9.17, 15) is 4.79 Å². The number of hydrogen-bond donors (Lipinski definition) is 1. The van der Waals surface area contributed by atoms with Gasteiger partial charge in [-0.2, -0.15) is 0 Å². The van der Waals surface area contributed by atoms with Crippen LogP contribution in [0.1, 0.15) is 31.1 Å². The van der Waals surface area contributed by atoms with Crippen molar-refractivity contribution in [2.45, 2.75) is 20.8 Å². The molecule has 3 nitrogen and oxygen atoms in total. The summed E-state index contributed by atoms with van der Waals surface area (Å²) in [7, 11) is 0. The minimum absolute atomic E-state index is 0.233. The fourth-order valence-electron chi connectivity index (χ4n) is 2.12. The normalized spacial score (nSPS) is 16.6. The summed E-state index contributed by atoms with van der Waals surface area (Å²) in [6.45, 7) is 8.68. The minimum Gasteiger partial charge on any atom is -0.478 e. The molecule has 2 rings (SSSR count). The zero-order chi connectivity index (χ0) is 13.5. The van der Waals surface area contributed by atoms with Crippen LogP contribution in [0.2, 0.25) is 5.02 Å². The van der Waals surface area contributed by atoms with Gasteiger partial charge in [-0.1, -0.05) is 32.4 Å². The summed E-state index contributed by atoms with van der Waals surface area (Å²) in [5, 5.41) is 9.40. The van der Waals surface area contributed by atoms with Crippen LogP contribution in [0.3, 0.4) is 0 Å². The van der Waals surface area contributed by atoms with E-state index in [2.05, 4.69) is 25.7 Å². The Morgan fingerprint density at radius 3 is 2.44 bits per heavy atom. The fraction of sp³-hybridized carbons (Fsp3) is 0.500. The molecule has 0 amide bonds. The molecule has 0 aliphatic carbocycles. The van der Waals surface area contributed by atoms with Crippen molar-refractivity contribution >= 4 is 23.3 Å². The van der Waals surface area contributed by atoms with E-state index in [1.54, 1.807) is 12.1 Å². The third-order valence-corrected chi connectivity index (χ3v) is 3.94. The molecule has 0 aromatic heterocycles. The van der Waals surface area contributed by atoms with Crippen molar-refractivity contribution in [1.82, 2.24) is 0 Å². The van der Waals surface area contributed by atoms with Crippen LogP contribution in [-0.4, -0.2) is 24.2 Å². The van der Waals surface area contributed by atoms with Crippen molar-refractivity contribution in [2.75, 3.05) is 18.0 Å². The number of halogens is 1. The Hall–Kier alpha value is -1.22. The molecule has 18 heavy (non-hydrogen) atoms. The van der Waals surface area contributed by atoms with Crippen LogP contribution in [-0.2, 0) is 0 Å². The highest BCUT2D eigenvalue weighted by atomic mass is 35.5. The highest BCUT2D eigenvalue weighted by molar-refractivity contribution is 6.33. The molecule has 0 atom stereocenters. The topological polar surface area (TPSA) is 40.5 Å². The second-order valence-electron chi connectivity index (χ2n) is 5.94. The van der Waals surface area contributed by atoms with Gasteiger partial charge in [0.25, 0.3) is 0 Å². The van der Waals surface area contributed by atoms with Gasteiger partial charge in [-0.25, -0.2) is 4.79 Å². The summed E-state index contributed by atoms with van der Waals surface area (Å²) in [5.41, 5.74) is 1.48. The molecule has 0 radical (unpaired) electrons. The van der Waals surface area contributed by atoms with Gasteiger partial charge in [-0.3, -0.25) is 0 Å². The minimum atomic E-state index is -0.945. The lowest BCUT2D eigenvalue weighted by atomic mass is 9.76. The Kier molecular flexibility index (Phi) is 3.28. The summed E-state index contributed by atoms with van der Waals surface area (Å²) in [6, 6.07) is 4.92. The van der Waals surface area contributed by atoms with Crippen molar-refractivity contribution in [3.8, 4) is 0 Å². The number of aromatic carboxylic acids is 1. The molecule has 1 heterocycles. The van der Waals surface area contributed by atoms with Crippen LogP contribution < -0.4 is 4.90 Å². The van der Waals surface area contributed by atoms with Crippen LogP contribution >= 0.6 is 11.6 Å². The Bertz CT molecular complexity index is 473. The first-order chi connectivity index (χ1) is 8.29. The molecule has 98 valence electrons.